The quantitative estimate of drug-likeness (QED) is 0.820. The van der Waals surface area contributed by atoms with Crippen LogP contribution in [-0.4, -0.2) is 32.5 Å². The molecule has 1 atom stereocenters. The molecule has 6 heteroatoms. The molecule has 0 bridgehead atoms. The van der Waals surface area contributed by atoms with Crippen LogP contribution >= 0.6 is 11.8 Å². The Kier molecular flexibility index (Phi) is 5.69. The van der Waals surface area contributed by atoms with Gasteiger partial charge >= 0.3 is 0 Å². The van der Waals surface area contributed by atoms with Crippen LogP contribution in [0, 0.1) is 0 Å². The summed E-state index contributed by atoms with van der Waals surface area (Å²) in [5, 5.41) is 12.4. The van der Waals surface area contributed by atoms with Gasteiger partial charge in [-0.15, -0.1) is 16.8 Å². The van der Waals surface area contributed by atoms with Crippen LogP contribution in [0.5, 0.6) is 0 Å². The first-order valence-corrected chi connectivity index (χ1v) is 9.17. The number of carbonyl (C=O) groups is 1. The average molecular weight is 342 g/mol. The highest BCUT2D eigenvalue weighted by molar-refractivity contribution is 8.00. The molecule has 2 heterocycles. The molecule has 0 saturated carbocycles. The van der Waals surface area contributed by atoms with Gasteiger partial charge in [0.2, 0.25) is 5.91 Å². The number of thioether (sulfide) groups is 1. The van der Waals surface area contributed by atoms with E-state index in [0.717, 1.165) is 43.2 Å². The second-order valence-corrected chi connectivity index (χ2v) is 7.02. The summed E-state index contributed by atoms with van der Waals surface area (Å²) in [7, 11) is 0. The van der Waals surface area contributed by atoms with Gasteiger partial charge in [0, 0.05) is 19.5 Å². The van der Waals surface area contributed by atoms with Crippen molar-refractivity contribution in [3.63, 3.8) is 0 Å². The molecule has 0 radical (unpaired) electrons. The largest absolute Gasteiger partial charge is 0.355 e. The highest BCUT2D eigenvalue weighted by Crippen LogP contribution is 2.28. The van der Waals surface area contributed by atoms with E-state index in [-0.39, 0.29) is 11.2 Å². The molecule has 1 unspecified atom stereocenters. The Labute approximate surface area is 146 Å². The number of benzene rings is 1. The Balaban J connectivity index is 1.80. The molecule has 1 N–H and O–H groups in total. The maximum Gasteiger partial charge on any atom is 0.233 e. The van der Waals surface area contributed by atoms with E-state index >= 15 is 0 Å². The van der Waals surface area contributed by atoms with E-state index in [1.165, 1.54) is 17.3 Å². The van der Waals surface area contributed by atoms with Crippen LogP contribution in [-0.2, 0) is 17.8 Å². The van der Waals surface area contributed by atoms with E-state index in [2.05, 4.69) is 38.8 Å². The van der Waals surface area contributed by atoms with Crippen molar-refractivity contribution in [2.45, 2.75) is 42.6 Å². The van der Waals surface area contributed by atoms with Crippen LogP contribution in [0.2, 0.25) is 0 Å². The topological polar surface area (TPSA) is 59.8 Å². The van der Waals surface area contributed by atoms with Crippen LogP contribution in [0.4, 0.5) is 0 Å². The molecule has 1 aromatic heterocycles. The molecule has 1 aliphatic rings. The van der Waals surface area contributed by atoms with E-state index in [4.69, 9.17) is 0 Å². The van der Waals surface area contributed by atoms with Gasteiger partial charge in [-0.05, 0) is 18.4 Å². The van der Waals surface area contributed by atoms with Crippen molar-refractivity contribution in [3.8, 4) is 0 Å². The third-order valence-corrected chi connectivity index (χ3v) is 5.29. The first kappa shape index (κ1) is 16.8. The van der Waals surface area contributed by atoms with E-state index in [1.807, 2.05) is 24.3 Å². The number of nitrogens with one attached hydrogen (secondary N) is 1. The Hall–Kier alpha value is -2.08. The number of hydrogen-bond donors (Lipinski definition) is 1. The smallest absolute Gasteiger partial charge is 0.233 e. The van der Waals surface area contributed by atoms with Crippen LogP contribution in [0.25, 0.3) is 0 Å². The Morgan fingerprint density at radius 3 is 2.92 bits per heavy atom. The predicted molar refractivity (Wildman–Crippen MR) is 96.0 cm³/mol. The van der Waals surface area contributed by atoms with Gasteiger partial charge in [0.1, 0.15) is 5.82 Å². The first-order valence-electron chi connectivity index (χ1n) is 8.29. The summed E-state index contributed by atoms with van der Waals surface area (Å²) in [4.78, 5) is 12.2. The monoisotopic (exact) mass is 342 g/mol. The fraction of sp³-hybridized carbons (Fsp3) is 0.389. The Bertz CT molecular complexity index is 698. The van der Waals surface area contributed by atoms with Crippen molar-refractivity contribution in [3.05, 3.63) is 54.4 Å². The van der Waals surface area contributed by atoms with E-state index in [0.29, 0.717) is 6.54 Å². The van der Waals surface area contributed by atoms with Crippen molar-refractivity contribution < 1.29 is 4.79 Å². The second kappa shape index (κ2) is 8.15. The molecule has 5 nitrogen and oxygen atoms in total. The maximum atomic E-state index is 12.2. The molecule has 0 spiro atoms. The zero-order chi connectivity index (χ0) is 16.8. The molecule has 1 aromatic carbocycles. The maximum absolute atomic E-state index is 12.2. The number of carbonyl (C=O) groups excluding carboxylic acids is 1. The van der Waals surface area contributed by atoms with Crippen molar-refractivity contribution in [1.82, 2.24) is 20.1 Å². The van der Waals surface area contributed by atoms with Gasteiger partial charge in [-0.2, -0.15) is 0 Å². The summed E-state index contributed by atoms with van der Waals surface area (Å²) in [6, 6.07) is 10.2. The summed E-state index contributed by atoms with van der Waals surface area (Å²) in [6.45, 7) is 5.25. The summed E-state index contributed by atoms with van der Waals surface area (Å²) < 4.78 is 2.06. The number of aromatic nitrogens is 3. The summed E-state index contributed by atoms with van der Waals surface area (Å²) in [6.07, 6.45) is 5.55. The molecule has 126 valence electrons. The van der Waals surface area contributed by atoms with Gasteiger partial charge in [0.05, 0.1) is 5.25 Å². The fourth-order valence-electron chi connectivity index (χ4n) is 2.78. The van der Waals surface area contributed by atoms with Crippen molar-refractivity contribution in [2.24, 2.45) is 0 Å². The van der Waals surface area contributed by atoms with Crippen LogP contribution in [0.3, 0.4) is 0 Å². The molecule has 1 amide bonds. The van der Waals surface area contributed by atoms with Gasteiger partial charge in [0.25, 0.3) is 0 Å². The highest BCUT2D eigenvalue weighted by Gasteiger charge is 2.25. The lowest BCUT2D eigenvalue weighted by Crippen LogP contribution is -2.30. The lowest BCUT2D eigenvalue weighted by Gasteiger charge is -2.13. The normalized spacial score (nSPS) is 18.0. The minimum Gasteiger partial charge on any atom is -0.355 e. The zero-order valence-electron chi connectivity index (χ0n) is 13.6. The zero-order valence-corrected chi connectivity index (χ0v) is 14.5. The van der Waals surface area contributed by atoms with E-state index < -0.39 is 0 Å². The minimum atomic E-state index is -0.0927. The van der Waals surface area contributed by atoms with E-state index in [1.54, 1.807) is 0 Å². The summed E-state index contributed by atoms with van der Waals surface area (Å²) in [5.74, 6) is 1.01. The fourth-order valence-corrected chi connectivity index (χ4v) is 3.90. The highest BCUT2D eigenvalue weighted by atomic mass is 32.2. The van der Waals surface area contributed by atoms with Crippen molar-refractivity contribution >= 4 is 17.7 Å². The van der Waals surface area contributed by atoms with Gasteiger partial charge < -0.3 is 9.88 Å². The summed E-state index contributed by atoms with van der Waals surface area (Å²) >= 11 is 1.51. The minimum absolute atomic E-state index is 0.0927. The number of allylic oxidation sites excluding steroid dienone is 1. The van der Waals surface area contributed by atoms with Gasteiger partial charge in [-0.25, -0.2) is 0 Å². The summed E-state index contributed by atoms with van der Waals surface area (Å²) in [5.41, 5.74) is 1.19. The molecule has 1 aliphatic heterocycles. The van der Waals surface area contributed by atoms with Crippen LogP contribution < -0.4 is 5.32 Å². The molecular weight excluding hydrogens is 320 g/mol. The van der Waals surface area contributed by atoms with Gasteiger partial charge in [-0.3, -0.25) is 4.79 Å². The Morgan fingerprint density at radius 2 is 2.12 bits per heavy atom. The van der Waals surface area contributed by atoms with Crippen molar-refractivity contribution in [2.75, 3.05) is 6.54 Å². The third kappa shape index (κ3) is 4.06. The first-order chi connectivity index (χ1) is 11.8. The number of amides is 1. The van der Waals surface area contributed by atoms with Gasteiger partial charge in [0.15, 0.2) is 5.16 Å². The molecule has 24 heavy (non-hydrogen) atoms. The molecule has 1 fully saturated rings. The SMILES string of the molecule is C=CCn1c(Cc2ccccc2)nnc1SC1CCCCNC1=O. The number of hydrogen-bond acceptors (Lipinski definition) is 4. The molecular formula is C18H22N4OS. The average Bonchev–Trinajstić information content (AvgIpc) is 2.83. The van der Waals surface area contributed by atoms with Crippen molar-refractivity contribution in [1.29, 1.82) is 0 Å². The lowest BCUT2D eigenvalue weighted by atomic mass is 10.1. The second-order valence-electron chi connectivity index (χ2n) is 5.85. The van der Waals surface area contributed by atoms with Crippen LogP contribution in [0.15, 0.2) is 48.1 Å². The molecule has 3 rings (SSSR count). The molecule has 2 aromatic rings. The van der Waals surface area contributed by atoms with Gasteiger partial charge in [-0.1, -0.05) is 54.6 Å². The number of rotatable bonds is 6. The van der Waals surface area contributed by atoms with Crippen LogP contribution in [0.1, 0.15) is 30.7 Å². The molecule has 1 saturated heterocycles. The Morgan fingerprint density at radius 1 is 1.29 bits per heavy atom. The number of nitrogens with zero attached hydrogens (tertiary/aromatic N) is 3. The van der Waals surface area contributed by atoms with E-state index in [9.17, 15) is 4.79 Å². The lowest BCUT2D eigenvalue weighted by molar-refractivity contribution is -0.120. The predicted octanol–water partition coefficient (Wildman–Crippen LogP) is 2.82. The molecule has 0 aliphatic carbocycles. The standard InChI is InChI=1S/C18H22N4OS/c1-2-12-22-16(13-14-8-4-3-5-9-14)20-21-18(22)24-15-10-6-7-11-19-17(15)23/h2-5,8-9,15H,1,6-7,10-13H2,(H,19,23). The third-order valence-electron chi connectivity index (χ3n) is 4.04.